The molecule has 0 amide bonds. The van der Waals surface area contributed by atoms with Crippen LogP contribution in [0.4, 0.5) is 27.8 Å². The van der Waals surface area contributed by atoms with E-state index >= 15 is 8.78 Å². The van der Waals surface area contributed by atoms with Crippen LogP contribution in [0.15, 0.2) is 30.7 Å². The lowest BCUT2D eigenvalue weighted by Crippen LogP contribution is -2.33. The maximum absolute atomic E-state index is 15.1. The molecule has 0 saturated heterocycles. The third kappa shape index (κ3) is 6.73. The number of aromatic nitrogens is 4. The van der Waals surface area contributed by atoms with Gasteiger partial charge in [0.15, 0.2) is 5.82 Å². The van der Waals surface area contributed by atoms with Gasteiger partial charge >= 0.3 is 6.18 Å². The Morgan fingerprint density at radius 1 is 1.09 bits per heavy atom. The van der Waals surface area contributed by atoms with Crippen molar-refractivity contribution in [3.8, 4) is 28.4 Å². The molecule has 188 valence electrons. The molecular formula is C22H22ClF5N6O. The Morgan fingerprint density at radius 2 is 1.77 bits per heavy atom. The molecule has 3 rings (SSSR count). The number of rotatable bonds is 9. The first-order chi connectivity index (χ1) is 16.5. The molecule has 2 aromatic heterocycles. The minimum absolute atomic E-state index is 0.0751. The van der Waals surface area contributed by atoms with Crippen molar-refractivity contribution in [3.05, 3.63) is 47.5 Å². The Morgan fingerprint density at radius 3 is 2.34 bits per heavy atom. The van der Waals surface area contributed by atoms with Gasteiger partial charge in [-0.05, 0) is 27.4 Å². The predicted octanol–water partition coefficient (Wildman–Crippen LogP) is 5.23. The lowest BCUT2D eigenvalue weighted by atomic mass is 10.1. The molecule has 0 spiro atoms. The van der Waals surface area contributed by atoms with Gasteiger partial charge in [-0.1, -0.05) is 11.6 Å². The molecule has 13 heteroatoms. The summed E-state index contributed by atoms with van der Waals surface area (Å²) in [5.41, 5.74) is -1.06. The van der Waals surface area contributed by atoms with E-state index in [-0.39, 0.29) is 23.9 Å². The van der Waals surface area contributed by atoms with Crippen molar-refractivity contribution in [1.82, 2.24) is 24.8 Å². The second-order valence-electron chi connectivity index (χ2n) is 7.83. The molecule has 0 unspecified atom stereocenters. The Bertz CT molecular complexity index is 1140. The standard InChI is InChI=1S/C22H22ClF5N6O/c1-12(22(26,27)28)31-21-18(19(23)32-20(33-21)16-11-29-5-6-30-16)17-14(24)9-13(10-15(17)25)35-8-4-7-34(2)3/h5-6,9-12H,4,7-8H2,1-3H3,(H,31,32,33)/t12-/m0/s1. The third-order valence-corrected chi connectivity index (χ3v) is 5.06. The molecule has 3 aromatic rings. The van der Waals surface area contributed by atoms with E-state index in [0.29, 0.717) is 13.0 Å². The van der Waals surface area contributed by atoms with Crippen molar-refractivity contribution in [2.24, 2.45) is 0 Å². The summed E-state index contributed by atoms with van der Waals surface area (Å²) in [6, 6.07) is -0.261. The highest BCUT2D eigenvalue weighted by Crippen LogP contribution is 2.39. The molecule has 0 bridgehead atoms. The highest BCUT2D eigenvalue weighted by molar-refractivity contribution is 6.32. The fourth-order valence-corrected chi connectivity index (χ4v) is 3.28. The minimum Gasteiger partial charge on any atom is -0.493 e. The van der Waals surface area contributed by atoms with Gasteiger partial charge in [-0.3, -0.25) is 4.98 Å². The van der Waals surface area contributed by atoms with Crippen molar-refractivity contribution < 1.29 is 26.7 Å². The number of ether oxygens (including phenoxy) is 1. The van der Waals surface area contributed by atoms with E-state index < -0.39 is 46.0 Å². The van der Waals surface area contributed by atoms with Crippen LogP contribution in [0.1, 0.15) is 13.3 Å². The highest BCUT2D eigenvalue weighted by atomic mass is 35.5. The van der Waals surface area contributed by atoms with Gasteiger partial charge < -0.3 is 15.0 Å². The average Bonchev–Trinajstić information content (AvgIpc) is 2.77. The molecule has 0 aliphatic heterocycles. The SMILES string of the molecule is C[C@H](Nc1nc(-c2cnccn2)nc(Cl)c1-c1c(F)cc(OCCCN(C)C)cc1F)C(F)(F)F. The van der Waals surface area contributed by atoms with Gasteiger partial charge in [0.05, 0.1) is 23.9 Å². The fraction of sp³-hybridized carbons (Fsp3) is 0.364. The minimum atomic E-state index is -4.68. The molecule has 0 fully saturated rings. The van der Waals surface area contributed by atoms with Crippen molar-refractivity contribution in [2.75, 3.05) is 32.6 Å². The average molecular weight is 517 g/mol. The lowest BCUT2D eigenvalue weighted by molar-refractivity contribution is -0.138. The van der Waals surface area contributed by atoms with Gasteiger partial charge in [-0.2, -0.15) is 13.2 Å². The molecular weight excluding hydrogens is 495 g/mol. The first-order valence-corrected chi connectivity index (χ1v) is 10.8. The molecule has 7 nitrogen and oxygen atoms in total. The normalized spacial score (nSPS) is 12.6. The van der Waals surface area contributed by atoms with Gasteiger partial charge in [0.25, 0.3) is 0 Å². The van der Waals surface area contributed by atoms with Gasteiger partial charge in [-0.15, -0.1) is 0 Å². The van der Waals surface area contributed by atoms with Crippen molar-refractivity contribution in [3.63, 3.8) is 0 Å². The van der Waals surface area contributed by atoms with Gasteiger partial charge in [0.1, 0.15) is 40.1 Å². The second-order valence-corrected chi connectivity index (χ2v) is 8.19. The molecule has 1 aromatic carbocycles. The Labute approximate surface area is 203 Å². The smallest absolute Gasteiger partial charge is 0.408 e. The maximum Gasteiger partial charge on any atom is 0.408 e. The van der Waals surface area contributed by atoms with E-state index in [4.69, 9.17) is 16.3 Å². The molecule has 0 saturated carbocycles. The Hall–Kier alpha value is -3.12. The van der Waals surface area contributed by atoms with E-state index in [9.17, 15) is 13.2 Å². The zero-order valence-electron chi connectivity index (χ0n) is 19.0. The number of alkyl halides is 3. The van der Waals surface area contributed by atoms with E-state index in [0.717, 1.165) is 19.1 Å². The van der Waals surface area contributed by atoms with E-state index in [1.165, 1.54) is 18.6 Å². The quantitative estimate of drug-likeness (QED) is 0.237. The maximum atomic E-state index is 15.1. The number of nitrogens with zero attached hydrogens (tertiary/aromatic N) is 5. The fourth-order valence-electron chi connectivity index (χ4n) is 3.02. The van der Waals surface area contributed by atoms with Crippen molar-refractivity contribution in [1.29, 1.82) is 0 Å². The van der Waals surface area contributed by atoms with Crippen LogP contribution in [0.2, 0.25) is 5.15 Å². The summed E-state index contributed by atoms with van der Waals surface area (Å²) in [5, 5.41) is 1.67. The van der Waals surface area contributed by atoms with E-state index in [1.54, 1.807) is 0 Å². The molecule has 1 atom stereocenters. The van der Waals surface area contributed by atoms with Crippen LogP contribution in [0.3, 0.4) is 0 Å². The number of nitrogens with one attached hydrogen (secondary N) is 1. The number of anilines is 1. The summed E-state index contributed by atoms with van der Waals surface area (Å²) in [6.07, 6.45) is -0.0959. The van der Waals surface area contributed by atoms with E-state index in [1.807, 2.05) is 19.0 Å². The van der Waals surface area contributed by atoms with Crippen LogP contribution in [0, 0.1) is 11.6 Å². The summed E-state index contributed by atoms with van der Waals surface area (Å²) in [7, 11) is 3.75. The molecule has 0 aliphatic rings. The van der Waals surface area contributed by atoms with Gasteiger partial charge in [0.2, 0.25) is 0 Å². The molecule has 1 N–H and O–H groups in total. The first-order valence-electron chi connectivity index (χ1n) is 10.4. The molecule has 35 heavy (non-hydrogen) atoms. The summed E-state index contributed by atoms with van der Waals surface area (Å²) in [4.78, 5) is 17.8. The van der Waals surface area contributed by atoms with Gasteiger partial charge in [-0.25, -0.2) is 23.7 Å². The second kappa shape index (κ2) is 11.1. The van der Waals surface area contributed by atoms with Crippen LogP contribution >= 0.6 is 11.6 Å². The molecule has 2 heterocycles. The zero-order chi connectivity index (χ0) is 25.8. The van der Waals surface area contributed by atoms with Crippen LogP contribution in [-0.2, 0) is 0 Å². The number of benzene rings is 1. The van der Waals surface area contributed by atoms with Crippen LogP contribution in [-0.4, -0.2) is 64.3 Å². The Kier molecular flexibility index (Phi) is 8.39. The zero-order valence-corrected chi connectivity index (χ0v) is 19.8. The summed E-state index contributed by atoms with van der Waals surface area (Å²) < 4.78 is 75.4. The summed E-state index contributed by atoms with van der Waals surface area (Å²) >= 11 is 6.24. The Balaban J connectivity index is 2.05. The predicted molar refractivity (Wildman–Crippen MR) is 121 cm³/mol. The summed E-state index contributed by atoms with van der Waals surface area (Å²) in [6.45, 7) is 1.75. The van der Waals surface area contributed by atoms with Crippen molar-refractivity contribution >= 4 is 17.4 Å². The molecule has 0 radical (unpaired) electrons. The summed E-state index contributed by atoms with van der Waals surface area (Å²) in [5.74, 6) is -2.98. The first kappa shape index (κ1) is 26.5. The topological polar surface area (TPSA) is 76.1 Å². The lowest BCUT2D eigenvalue weighted by Gasteiger charge is -2.21. The van der Waals surface area contributed by atoms with Gasteiger partial charge in [0, 0.05) is 31.1 Å². The third-order valence-electron chi connectivity index (χ3n) is 4.79. The number of hydrogen-bond acceptors (Lipinski definition) is 7. The van der Waals surface area contributed by atoms with Crippen molar-refractivity contribution in [2.45, 2.75) is 25.6 Å². The monoisotopic (exact) mass is 516 g/mol. The van der Waals surface area contributed by atoms with Crippen LogP contribution < -0.4 is 10.1 Å². The largest absolute Gasteiger partial charge is 0.493 e. The number of hydrogen-bond donors (Lipinski definition) is 1. The van der Waals surface area contributed by atoms with Crippen LogP contribution in [0.5, 0.6) is 5.75 Å². The number of halogens is 6. The highest BCUT2D eigenvalue weighted by Gasteiger charge is 2.37. The van der Waals surface area contributed by atoms with Crippen LogP contribution in [0.25, 0.3) is 22.6 Å². The molecule has 0 aliphatic carbocycles. The van der Waals surface area contributed by atoms with E-state index in [2.05, 4.69) is 25.3 Å².